The molecule has 0 heterocycles. The van der Waals surface area contributed by atoms with E-state index >= 15 is 0 Å². The van der Waals surface area contributed by atoms with Gasteiger partial charge in [-0.05, 0) is 57.8 Å². The minimum atomic E-state index is -0.798. The van der Waals surface area contributed by atoms with Crippen molar-refractivity contribution in [1.29, 1.82) is 0 Å². The molecule has 402 valence electrons. The van der Waals surface area contributed by atoms with Crippen LogP contribution < -0.4 is 0 Å². The van der Waals surface area contributed by atoms with Gasteiger partial charge in [-0.1, -0.05) is 288 Å². The van der Waals surface area contributed by atoms with Gasteiger partial charge in [0.15, 0.2) is 6.10 Å². The average Bonchev–Trinajstić information content (AvgIpc) is 3.35. The highest BCUT2D eigenvalue weighted by molar-refractivity contribution is 5.71. The maximum Gasteiger partial charge on any atom is 0.306 e. The molecular weight excluding hydrogens is 853 g/mol. The molecule has 0 atom stereocenters. The molecule has 0 saturated carbocycles. The molecule has 0 aromatic heterocycles. The SMILES string of the molecule is CCCCC/C=C\C/C=C\C/C=C\C/C=C\CCCC(=O)OC(COC(=O)CCCCCCCCCCCCCCCCCCC)COC(=O)CCCCCCCCCCCCCCCCCCC. The molecule has 0 N–H and O–H groups in total. The molecule has 0 radical (unpaired) electrons. The van der Waals surface area contributed by atoms with Crippen LogP contribution in [0.4, 0.5) is 0 Å². The normalized spacial score (nSPS) is 11.9. The van der Waals surface area contributed by atoms with Crippen LogP contribution in [0.2, 0.25) is 0 Å². The van der Waals surface area contributed by atoms with Crippen LogP contribution in [0.25, 0.3) is 0 Å². The Bertz CT molecular complexity index is 1150. The first-order chi connectivity index (χ1) is 34.0. The van der Waals surface area contributed by atoms with Crippen LogP contribution >= 0.6 is 0 Å². The molecular formula is C63H114O6. The van der Waals surface area contributed by atoms with Crippen LogP contribution in [0.3, 0.4) is 0 Å². The van der Waals surface area contributed by atoms with E-state index in [2.05, 4.69) is 69.4 Å². The van der Waals surface area contributed by atoms with Gasteiger partial charge in [-0.25, -0.2) is 0 Å². The fraction of sp³-hybridized carbons (Fsp3) is 0.825. The molecule has 6 nitrogen and oxygen atoms in total. The number of esters is 3. The number of rotatable bonds is 55. The molecule has 0 aromatic carbocycles. The van der Waals surface area contributed by atoms with Crippen molar-refractivity contribution in [2.75, 3.05) is 13.2 Å². The van der Waals surface area contributed by atoms with E-state index in [9.17, 15) is 14.4 Å². The van der Waals surface area contributed by atoms with Crippen molar-refractivity contribution < 1.29 is 28.6 Å². The molecule has 0 rings (SSSR count). The summed E-state index contributed by atoms with van der Waals surface area (Å²) in [6.45, 7) is 6.62. The first-order valence-corrected chi connectivity index (χ1v) is 30.1. The lowest BCUT2D eigenvalue weighted by molar-refractivity contribution is -0.167. The number of allylic oxidation sites excluding steroid dienone is 8. The summed E-state index contributed by atoms with van der Waals surface area (Å²) in [5.41, 5.74) is 0. The summed E-state index contributed by atoms with van der Waals surface area (Å²) in [5.74, 6) is -0.927. The van der Waals surface area contributed by atoms with Gasteiger partial charge < -0.3 is 14.2 Å². The molecule has 0 unspecified atom stereocenters. The van der Waals surface area contributed by atoms with Crippen molar-refractivity contribution >= 4 is 17.9 Å². The summed E-state index contributed by atoms with van der Waals surface area (Å²) in [6, 6.07) is 0. The van der Waals surface area contributed by atoms with Crippen molar-refractivity contribution in [3.63, 3.8) is 0 Å². The molecule has 0 aliphatic rings. The predicted molar refractivity (Wildman–Crippen MR) is 298 cm³/mol. The van der Waals surface area contributed by atoms with E-state index in [1.807, 2.05) is 0 Å². The summed E-state index contributed by atoms with van der Waals surface area (Å²) < 4.78 is 16.9. The molecule has 0 saturated heterocycles. The molecule has 0 spiro atoms. The van der Waals surface area contributed by atoms with E-state index in [0.717, 1.165) is 64.2 Å². The molecule has 0 bridgehead atoms. The first kappa shape index (κ1) is 66.4. The Kier molecular flexibility index (Phi) is 55.7. The number of ether oxygens (including phenoxy) is 3. The smallest absolute Gasteiger partial charge is 0.306 e. The van der Waals surface area contributed by atoms with Crippen LogP contribution in [0.15, 0.2) is 48.6 Å². The number of carbonyl (C=O) groups excluding carboxylic acids is 3. The Morgan fingerprint density at radius 2 is 0.536 bits per heavy atom. The van der Waals surface area contributed by atoms with Gasteiger partial charge in [0.05, 0.1) is 0 Å². The molecule has 69 heavy (non-hydrogen) atoms. The zero-order valence-corrected chi connectivity index (χ0v) is 46.1. The third kappa shape index (κ3) is 56.2. The van der Waals surface area contributed by atoms with Gasteiger partial charge in [-0.3, -0.25) is 14.4 Å². The molecule has 0 aliphatic carbocycles. The molecule has 6 heteroatoms. The zero-order valence-electron chi connectivity index (χ0n) is 46.1. The van der Waals surface area contributed by atoms with Crippen LogP contribution in [0.5, 0.6) is 0 Å². The minimum absolute atomic E-state index is 0.0902. The summed E-state index contributed by atoms with van der Waals surface area (Å²) in [4.78, 5) is 38.2. The Morgan fingerprint density at radius 1 is 0.290 bits per heavy atom. The average molecular weight is 968 g/mol. The zero-order chi connectivity index (χ0) is 50.0. The second-order valence-corrected chi connectivity index (χ2v) is 20.3. The maximum absolute atomic E-state index is 12.8. The van der Waals surface area contributed by atoms with Crippen molar-refractivity contribution in [2.45, 2.75) is 322 Å². The van der Waals surface area contributed by atoms with Crippen LogP contribution in [-0.4, -0.2) is 37.2 Å². The quantitative estimate of drug-likeness (QED) is 0.0262. The van der Waals surface area contributed by atoms with Crippen molar-refractivity contribution in [3.8, 4) is 0 Å². The molecule has 0 fully saturated rings. The van der Waals surface area contributed by atoms with Gasteiger partial charge in [0.2, 0.25) is 0 Å². The largest absolute Gasteiger partial charge is 0.462 e. The van der Waals surface area contributed by atoms with E-state index in [0.29, 0.717) is 19.3 Å². The molecule has 0 amide bonds. The van der Waals surface area contributed by atoms with Gasteiger partial charge in [0, 0.05) is 19.3 Å². The summed E-state index contributed by atoms with van der Waals surface area (Å²) in [7, 11) is 0. The van der Waals surface area contributed by atoms with Crippen molar-refractivity contribution in [1.82, 2.24) is 0 Å². The fourth-order valence-corrected chi connectivity index (χ4v) is 8.79. The van der Waals surface area contributed by atoms with Crippen LogP contribution in [-0.2, 0) is 28.6 Å². The van der Waals surface area contributed by atoms with Crippen LogP contribution in [0, 0.1) is 0 Å². The van der Waals surface area contributed by atoms with Gasteiger partial charge in [-0.15, -0.1) is 0 Å². The molecule has 0 aliphatic heterocycles. The Balaban J connectivity index is 4.41. The predicted octanol–water partition coefficient (Wildman–Crippen LogP) is 20.2. The lowest BCUT2D eigenvalue weighted by Crippen LogP contribution is -2.30. The second-order valence-electron chi connectivity index (χ2n) is 20.3. The molecule has 0 aromatic rings. The van der Waals surface area contributed by atoms with E-state index < -0.39 is 6.10 Å². The first-order valence-electron chi connectivity index (χ1n) is 30.1. The maximum atomic E-state index is 12.8. The van der Waals surface area contributed by atoms with Crippen LogP contribution in [0.1, 0.15) is 316 Å². The van der Waals surface area contributed by atoms with Gasteiger partial charge in [0.25, 0.3) is 0 Å². The Labute approximate surface area is 428 Å². The third-order valence-corrected chi connectivity index (χ3v) is 13.3. The summed E-state index contributed by atoms with van der Waals surface area (Å²) >= 11 is 0. The summed E-state index contributed by atoms with van der Waals surface area (Å²) in [6.07, 6.45) is 71.1. The Morgan fingerprint density at radius 3 is 0.855 bits per heavy atom. The topological polar surface area (TPSA) is 78.9 Å². The summed E-state index contributed by atoms with van der Waals surface area (Å²) in [5, 5.41) is 0. The van der Waals surface area contributed by atoms with Gasteiger partial charge in [0.1, 0.15) is 13.2 Å². The van der Waals surface area contributed by atoms with Crippen molar-refractivity contribution in [3.05, 3.63) is 48.6 Å². The number of carbonyl (C=O) groups is 3. The van der Waals surface area contributed by atoms with E-state index in [4.69, 9.17) is 14.2 Å². The number of hydrogen-bond donors (Lipinski definition) is 0. The van der Waals surface area contributed by atoms with Crippen molar-refractivity contribution in [2.24, 2.45) is 0 Å². The second kappa shape index (κ2) is 57.9. The lowest BCUT2D eigenvalue weighted by atomic mass is 10.0. The van der Waals surface area contributed by atoms with E-state index in [1.165, 1.54) is 205 Å². The van der Waals surface area contributed by atoms with E-state index in [-0.39, 0.29) is 37.5 Å². The highest BCUT2D eigenvalue weighted by atomic mass is 16.6. The van der Waals surface area contributed by atoms with Gasteiger partial charge >= 0.3 is 17.9 Å². The Hall–Kier alpha value is -2.63. The third-order valence-electron chi connectivity index (χ3n) is 13.3. The van der Waals surface area contributed by atoms with Gasteiger partial charge in [-0.2, -0.15) is 0 Å². The lowest BCUT2D eigenvalue weighted by Gasteiger charge is -2.18. The van der Waals surface area contributed by atoms with E-state index in [1.54, 1.807) is 0 Å². The highest BCUT2D eigenvalue weighted by Gasteiger charge is 2.19. The highest BCUT2D eigenvalue weighted by Crippen LogP contribution is 2.17. The standard InChI is InChI=1S/C63H114O6/c1-4-7-10-13-16-19-22-25-28-31-34-37-40-43-46-49-52-55-61(64)67-58-60(69-63(66)57-54-51-48-45-42-39-36-33-30-27-24-21-18-15-12-9-6-3)59-68-62(65)56-53-50-47-44-41-38-35-32-29-26-23-20-17-14-11-8-5-2/h18,21,27,30,36,39,45,48,60H,4-17,19-20,22-26,28-29,31-35,37-38,40-44,46-47,49-59H2,1-3H3/b21-18-,30-27-,39-36-,48-45-. The number of unbranched alkanes of at least 4 members (excludes halogenated alkanes) is 36. The fourth-order valence-electron chi connectivity index (χ4n) is 8.79. The minimum Gasteiger partial charge on any atom is -0.462 e. The number of hydrogen-bond acceptors (Lipinski definition) is 6. The monoisotopic (exact) mass is 967 g/mol.